The van der Waals surface area contributed by atoms with Crippen molar-refractivity contribution in [2.75, 3.05) is 38.9 Å². The van der Waals surface area contributed by atoms with Gasteiger partial charge in [-0.3, -0.25) is 33.6 Å². The molecule has 0 amide bonds. The quantitative estimate of drug-likeness (QED) is 0.0239. The highest BCUT2D eigenvalue weighted by molar-refractivity contribution is 6.26. The summed E-state index contributed by atoms with van der Waals surface area (Å²) in [5.41, 5.74) is -0.996. The van der Waals surface area contributed by atoms with Gasteiger partial charge in [0.2, 0.25) is 0 Å². The molecule has 5 saturated heterocycles. The Morgan fingerprint density at radius 3 is 0.814 bits per heavy atom. The third kappa shape index (κ3) is 23.3. The smallest absolute Gasteiger partial charge is 0.338 e. The molecular weight excluding hydrogens is 1590 g/mol. The van der Waals surface area contributed by atoms with Gasteiger partial charge in [0, 0.05) is 41.5 Å². The van der Waals surface area contributed by atoms with E-state index in [0.29, 0.717) is 0 Å². The molecule has 0 bridgehead atoms. The molecule has 118 heavy (non-hydrogen) atoms. The van der Waals surface area contributed by atoms with Crippen LogP contribution < -0.4 is 0 Å². The van der Waals surface area contributed by atoms with Crippen LogP contribution in [0.1, 0.15) is 93.3 Å². The van der Waals surface area contributed by atoms with Crippen molar-refractivity contribution >= 4 is 83.2 Å². The topological polar surface area (TPSA) is 500 Å². The number of hydrogen-bond acceptors (Lipinski definition) is 38. The van der Waals surface area contributed by atoms with Gasteiger partial charge in [-0.25, -0.2) is 24.0 Å². The number of carbonyl (C=O) groups is 12. The van der Waals surface area contributed by atoms with Gasteiger partial charge in [0.05, 0.1) is 41.0 Å². The van der Waals surface area contributed by atoms with Crippen molar-refractivity contribution < 1.29 is 183 Å². The zero-order valence-electron chi connectivity index (χ0n) is 63.7. The van der Waals surface area contributed by atoms with E-state index in [1.54, 1.807) is 12.1 Å². The molecule has 25 atom stereocenters. The summed E-state index contributed by atoms with van der Waals surface area (Å²) in [7, 11) is 0. The lowest BCUT2D eigenvalue weighted by atomic mass is 9.94. The van der Waals surface area contributed by atoms with Crippen molar-refractivity contribution in [3.8, 4) is 0 Å². The fraction of sp³-hybridized carbons (Fsp3) is 0.468. The number of hydrogen-bond donors (Lipinski definition) is 5. The first kappa shape index (κ1) is 89.8. The van der Waals surface area contributed by atoms with Crippen molar-refractivity contribution in [2.24, 2.45) is 0 Å². The lowest BCUT2D eigenvalue weighted by Gasteiger charge is -2.51. The molecule has 5 aromatic carbocycles. The van der Waals surface area contributed by atoms with Gasteiger partial charge in [0.1, 0.15) is 92.8 Å². The van der Waals surface area contributed by atoms with E-state index in [-0.39, 0.29) is 27.8 Å². The van der Waals surface area contributed by atoms with Gasteiger partial charge in [-0.05, 0) is 60.7 Å². The number of esters is 12. The van der Waals surface area contributed by atoms with Crippen LogP contribution in [0.3, 0.4) is 0 Å². The maximum atomic E-state index is 15.1. The van der Waals surface area contributed by atoms with Gasteiger partial charge in [0.25, 0.3) is 0 Å². The van der Waals surface area contributed by atoms with E-state index >= 15 is 4.79 Å². The van der Waals surface area contributed by atoms with E-state index in [0.717, 1.165) is 41.5 Å². The molecular formula is C79H85ClO38. The van der Waals surface area contributed by atoms with Gasteiger partial charge < -0.3 is 125 Å². The standard InChI is InChI=1S/C79H85ClO38/c1-38(83)98-35-51-57(101-41(4)86)62(65(75(97)104-51)110-70(92)44-22-12-7-13-23-44)117-76-66(111-71(93)45-24-14-8-15-25-45)60(55(90)49(33-81)105-76)116-79-69(114-74(96)48-30-20-11-21-31-48)64(59(103-43(6)88)53(108-79)37-100-40(3)85)118-77-67(112-72(94)46-26-16-9-17-27-46)61(56(91)50(34-82)106-77)115-78-68(113-73(95)47-28-18-10-19-29-47)63(109-54(89)32-80)58(102-42(5)87)52(107-78)36-99-39(2)84/h7-31,49-53,55-69,75-79,81-82,90-91,97H,32-37H2,1-6H3/t49-,50-,51-,52-,53-,55-,56-,57-,58-,59-,60+,61+,62+,63+,64+,65-,66-,67-,68-,69-,75+,76+,77+,78+,79+/m1/s1. The monoisotopic (exact) mass is 1680 g/mol. The normalized spacial score (nSPS) is 30.5. The van der Waals surface area contributed by atoms with Crippen LogP contribution in [0.25, 0.3) is 0 Å². The van der Waals surface area contributed by atoms with E-state index in [1.807, 2.05) is 0 Å². The summed E-state index contributed by atoms with van der Waals surface area (Å²) in [5, 5.41) is 60.0. The molecule has 0 spiro atoms. The van der Waals surface area contributed by atoms with Crippen molar-refractivity contribution in [1.29, 1.82) is 0 Å². The Bertz CT molecular complexity index is 4240. The molecule has 5 aliphatic rings. The maximum absolute atomic E-state index is 15.1. The Labute approximate surface area is 676 Å². The SMILES string of the molecule is CC(=O)OC[C@H]1O[C@H](O)[C@H](OC(=O)c2ccccc2)[C@@H](O[C@@H]2O[C@H](CO)[C@@H](O)[C@H](O[C@@H]3O[C@H](COC(C)=O)[C@@H](OC(C)=O)[C@H](O[C@@H]4O[C@H](CO)[C@@H](O)[C@H](O[C@@H]5O[C@H](COC(C)=O)[C@@H](OC(C)=O)[C@H](OC(=O)CCl)[C@H]5OC(=O)c5ccccc5)[C@H]4OC(=O)c4ccccc4)[C@H]3OC(=O)c3ccccc3)[C@H]2OC(=O)c2ccccc2)[C@@H]1OC(C)=O. The third-order valence-corrected chi connectivity index (χ3v) is 18.7. The van der Waals surface area contributed by atoms with Gasteiger partial charge in [-0.2, -0.15) is 0 Å². The molecule has 5 heterocycles. The Balaban J connectivity index is 1.15. The highest BCUT2D eigenvalue weighted by Crippen LogP contribution is 2.42. The van der Waals surface area contributed by atoms with E-state index in [2.05, 4.69) is 0 Å². The van der Waals surface area contributed by atoms with Crippen LogP contribution in [0.5, 0.6) is 0 Å². The lowest BCUT2D eigenvalue weighted by molar-refractivity contribution is -0.393. The highest BCUT2D eigenvalue weighted by Gasteiger charge is 2.63. The van der Waals surface area contributed by atoms with E-state index in [1.165, 1.54) is 140 Å². The summed E-state index contributed by atoms with van der Waals surface area (Å²) < 4.78 is 128. The average molecular weight is 1680 g/mol. The van der Waals surface area contributed by atoms with Gasteiger partial charge in [-0.15, -0.1) is 11.6 Å². The summed E-state index contributed by atoms with van der Waals surface area (Å²) in [6, 6.07) is 34.9. The number of benzene rings is 5. The van der Waals surface area contributed by atoms with Crippen LogP contribution >= 0.6 is 11.6 Å². The summed E-state index contributed by atoms with van der Waals surface area (Å²) in [5.74, 6) is -14.6. The number of carbonyl (C=O) groups excluding carboxylic acids is 12. The van der Waals surface area contributed by atoms with E-state index in [4.69, 9.17) is 111 Å². The van der Waals surface area contributed by atoms with Crippen LogP contribution in [-0.2, 0) is 133 Å². The predicted molar refractivity (Wildman–Crippen MR) is 387 cm³/mol. The van der Waals surface area contributed by atoms with Gasteiger partial charge in [0.15, 0.2) is 86.4 Å². The predicted octanol–water partition coefficient (Wildman–Crippen LogP) is 1.61. The summed E-state index contributed by atoms with van der Waals surface area (Å²) in [6.45, 7) is 0.577. The summed E-state index contributed by atoms with van der Waals surface area (Å²) >= 11 is 6.01. The second-order valence-corrected chi connectivity index (χ2v) is 27.2. The average Bonchev–Trinajstić information content (AvgIpc) is 0.757. The lowest BCUT2D eigenvalue weighted by Crippen LogP contribution is -2.70. The molecule has 39 heteroatoms. The zero-order chi connectivity index (χ0) is 85.0. The minimum atomic E-state index is -2.50. The van der Waals surface area contributed by atoms with E-state index < -0.39 is 264 Å². The number of rotatable bonds is 31. The first-order valence-corrected chi connectivity index (χ1v) is 37.2. The van der Waals surface area contributed by atoms with Crippen molar-refractivity contribution in [3.63, 3.8) is 0 Å². The molecule has 0 unspecified atom stereocenters. The number of ether oxygens (including phenoxy) is 21. The van der Waals surface area contributed by atoms with E-state index in [9.17, 15) is 78.3 Å². The number of alkyl halides is 1. The Morgan fingerprint density at radius 1 is 0.288 bits per heavy atom. The van der Waals surface area contributed by atoms with Crippen LogP contribution in [0.4, 0.5) is 0 Å². The molecule has 5 aliphatic heterocycles. The van der Waals surface area contributed by atoms with Crippen molar-refractivity contribution in [2.45, 2.75) is 195 Å². The summed E-state index contributed by atoms with van der Waals surface area (Å²) in [6.07, 6.45) is -55.1. The number of halogens is 1. The number of aliphatic hydroxyl groups is 5. The molecule has 5 fully saturated rings. The second kappa shape index (κ2) is 42.2. The molecule has 636 valence electrons. The third-order valence-electron chi connectivity index (χ3n) is 18.5. The molecule has 5 N–H and O–H groups in total. The molecule has 38 nitrogen and oxygen atoms in total. The Kier molecular flexibility index (Phi) is 32.1. The molecule has 0 aromatic heterocycles. The van der Waals surface area contributed by atoms with Crippen molar-refractivity contribution in [1.82, 2.24) is 0 Å². The minimum Gasteiger partial charge on any atom is -0.463 e. The number of aliphatic hydroxyl groups excluding tert-OH is 5. The molecule has 0 saturated carbocycles. The summed E-state index contributed by atoms with van der Waals surface area (Å²) in [4.78, 5) is 165. The van der Waals surface area contributed by atoms with Crippen LogP contribution in [0, 0.1) is 0 Å². The fourth-order valence-corrected chi connectivity index (χ4v) is 13.3. The second-order valence-electron chi connectivity index (χ2n) is 26.9. The molecule has 10 rings (SSSR count). The van der Waals surface area contributed by atoms with Crippen molar-refractivity contribution in [3.05, 3.63) is 179 Å². The van der Waals surface area contributed by atoms with Crippen LogP contribution in [0.2, 0.25) is 0 Å². The first-order valence-electron chi connectivity index (χ1n) is 36.7. The Hall–Kier alpha value is -10.5. The molecule has 5 aromatic rings. The first-order chi connectivity index (χ1) is 56.5. The zero-order valence-corrected chi connectivity index (χ0v) is 64.5. The largest absolute Gasteiger partial charge is 0.463 e. The van der Waals surface area contributed by atoms with Gasteiger partial charge >= 0.3 is 71.6 Å². The van der Waals surface area contributed by atoms with Crippen LogP contribution in [-0.4, -0.2) is 290 Å². The maximum Gasteiger partial charge on any atom is 0.338 e. The molecule has 0 radical (unpaired) electrons. The minimum absolute atomic E-state index is 0.115. The Morgan fingerprint density at radius 2 is 0.534 bits per heavy atom. The van der Waals surface area contributed by atoms with Crippen LogP contribution in [0.15, 0.2) is 152 Å². The highest BCUT2D eigenvalue weighted by atomic mass is 35.5. The molecule has 0 aliphatic carbocycles. The fourth-order valence-electron chi connectivity index (χ4n) is 13.2. The van der Waals surface area contributed by atoms with Gasteiger partial charge in [-0.1, -0.05) is 91.0 Å².